The molecule has 0 saturated carbocycles. The first kappa shape index (κ1) is 34.8. The van der Waals surface area contributed by atoms with E-state index in [-0.39, 0.29) is 10.8 Å². The third-order valence-electron chi connectivity index (χ3n) is 13.7. The first-order valence-corrected chi connectivity index (χ1v) is 21.1. The average Bonchev–Trinajstić information content (AvgIpc) is 3.87. The summed E-state index contributed by atoms with van der Waals surface area (Å²) >= 11 is 0. The molecule has 2 nitrogen and oxygen atoms in total. The highest BCUT2D eigenvalue weighted by molar-refractivity contribution is 6.22. The van der Waals surface area contributed by atoms with Gasteiger partial charge in [-0.1, -0.05) is 173 Å². The first-order valence-electron chi connectivity index (χ1n) is 21.1. The van der Waals surface area contributed by atoms with Gasteiger partial charge in [0.25, 0.3) is 0 Å². The van der Waals surface area contributed by atoms with Gasteiger partial charge in [-0.25, -0.2) is 0 Å². The van der Waals surface area contributed by atoms with Crippen LogP contribution >= 0.6 is 0 Å². The maximum absolute atomic E-state index is 6.97. The average molecular weight is 770 g/mol. The molecular weight excluding hydrogens is 727 g/mol. The fourth-order valence-electron chi connectivity index (χ4n) is 10.6. The summed E-state index contributed by atoms with van der Waals surface area (Å²) in [5, 5.41) is 4.50. The Morgan fingerprint density at radius 2 is 0.883 bits per heavy atom. The second kappa shape index (κ2) is 12.7. The standard InChI is InChI=1S/C58H43NO/c1-57(2)49-21-12-10-18-42(49)44-31-29-39(33-51(44)57)59(40-30-32-45-43-19-11-13-22-50(43)58(3,4)52(45)34-40)53-23-14-24-54-55(53)48-35-47(41-17-8-9-20-46(41)56(48)60-54)38-27-25-37(26-28-38)36-15-6-5-7-16-36/h5-35H,1-4H3. The first-order chi connectivity index (χ1) is 29.3. The van der Waals surface area contributed by atoms with Crippen molar-refractivity contribution in [3.05, 3.63) is 210 Å². The molecule has 0 bridgehead atoms. The maximum atomic E-state index is 6.97. The number of hydrogen-bond acceptors (Lipinski definition) is 2. The summed E-state index contributed by atoms with van der Waals surface area (Å²) in [5.74, 6) is 0. The zero-order valence-electron chi connectivity index (χ0n) is 34.3. The number of rotatable bonds is 5. The zero-order chi connectivity index (χ0) is 40.3. The van der Waals surface area contributed by atoms with Gasteiger partial charge in [-0.3, -0.25) is 0 Å². The second-order valence-corrected chi connectivity index (χ2v) is 17.7. The van der Waals surface area contributed by atoms with Crippen LogP contribution in [0.1, 0.15) is 49.9 Å². The van der Waals surface area contributed by atoms with Gasteiger partial charge in [0, 0.05) is 33.0 Å². The molecule has 0 atom stereocenters. The topological polar surface area (TPSA) is 16.4 Å². The van der Waals surface area contributed by atoms with Gasteiger partial charge < -0.3 is 9.32 Å². The van der Waals surface area contributed by atoms with E-state index in [0.717, 1.165) is 44.4 Å². The minimum absolute atomic E-state index is 0.145. The molecule has 9 aromatic carbocycles. The number of hydrogen-bond donors (Lipinski definition) is 0. The third-order valence-corrected chi connectivity index (χ3v) is 13.7. The quantitative estimate of drug-likeness (QED) is 0.173. The van der Waals surface area contributed by atoms with Gasteiger partial charge in [-0.15, -0.1) is 0 Å². The Balaban J connectivity index is 1.11. The minimum Gasteiger partial charge on any atom is -0.455 e. The van der Waals surface area contributed by atoms with Gasteiger partial charge in [0.05, 0.1) is 11.1 Å². The molecule has 0 N–H and O–H groups in total. The van der Waals surface area contributed by atoms with Gasteiger partial charge in [0.15, 0.2) is 0 Å². The lowest BCUT2D eigenvalue weighted by Crippen LogP contribution is -2.18. The summed E-state index contributed by atoms with van der Waals surface area (Å²) in [6, 6.07) is 69.2. The van der Waals surface area contributed by atoms with Crippen molar-refractivity contribution in [2.45, 2.75) is 38.5 Å². The molecule has 1 aromatic heterocycles. The Morgan fingerprint density at radius 1 is 0.367 bits per heavy atom. The Hall–Kier alpha value is -7.16. The van der Waals surface area contributed by atoms with Crippen molar-refractivity contribution in [2.75, 3.05) is 4.90 Å². The van der Waals surface area contributed by atoms with Crippen LogP contribution in [0.2, 0.25) is 0 Å². The molecule has 0 saturated heterocycles. The minimum atomic E-state index is -0.145. The summed E-state index contributed by atoms with van der Waals surface area (Å²) in [6.07, 6.45) is 0. The molecule has 2 aliphatic rings. The lowest BCUT2D eigenvalue weighted by atomic mass is 9.82. The smallest absolute Gasteiger partial charge is 0.143 e. The Morgan fingerprint density at radius 3 is 1.52 bits per heavy atom. The predicted molar refractivity (Wildman–Crippen MR) is 252 cm³/mol. The summed E-state index contributed by atoms with van der Waals surface area (Å²) in [7, 11) is 0. The summed E-state index contributed by atoms with van der Waals surface area (Å²) < 4.78 is 6.97. The normalized spacial score (nSPS) is 14.3. The van der Waals surface area contributed by atoms with Gasteiger partial charge in [0.2, 0.25) is 0 Å². The Bertz CT molecular complexity index is 3260. The van der Waals surface area contributed by atoms with E-state index < -0.39 is 0 Å². The molecule has 10 aromatic rings. The van der Waals surface area contributed by atoms with E-state index in [9.17, 15) is 0 Å². The van der Waals surface area contributed by atoms with Crippen molar-refractivity contribution in [2.24, 2.45) is 0 Å². The van der Waals surface area contributed by atoms with Crippen LogP contribution in [-0.2, 0) is 10.8 Å². The highest BCUT2D eigenvalue weighted by Crippen LogP contribution is 2.54. The number of furan rings is 1. The number of nitrogens with zero attached hydrogens (tertiary/aromatic N) is 1. The lowest BCUT2D eigenvalue weighted by molar-refractivity contribution is 0.660. The summed E-state index contributed by atoms with van der Waals surface area (Å²) in [4.78, 5) is 2.49. The van der Waals surface area contributed by atoms with Gasteiger partial charge in [-0.2, -0.15) is 0 Å². The van der Waals surface area contributed by atoms with Crippen LogP contribution < -0.4 is 4.90 Å². The van der Waals surface area contributed by atoms with Crippen LogP contribution in [0.5, 0.6) is 0 Å². The van der Waals surface area contributed by atoms with Crippen LogP contribution in [0.15, 0.2) is 192 Å². The Kier molecular flexibility index (Phi) is 7.36. The molecule has 0 spiro atoms. The molecule has 2 heteroatoms. The molecule has 286 valence electrons. The van der Waals surface area contributed by atoms with Crippen molar-refractivity contribution in [3.63, 3.8) is 0 Å². The van der Waals surface area contributed by atoms with E-state index in [1.54, 1.807) is 0 Å². The zero-order valence-corrected chi connectivity index (χ0v) is 34.3. The second-order valence-electron chi connectivity index (χ2n) is 17.7. The van der Waals surface area contributed by atoms with Crippen LogP contribution in [0.4, 0.5) is 17.1 Å². The van der Waals surface area contributed by atoms with Gasteiger partial charge in [0.1, 0.15) is 11.2 Å². The maximum Gasteiger partial charge on any atom is 0.143 e. The SMILES string of the molecule is CC1(C)c2ccccc2-c2ccc(N(c3ccc4c(c3)C(C)(C)c3ccccc3-4)c3cccc4oc5c6ccccc6c(-c6ccc(-c7ccccc7)cc6)cc5c34)cc21. The lowest BCUT2D eigenvalue weighted by Gasteiger charge is -2.30. The Labute approximate surface area is 351 Å². The molecule has 0 radical (unpaired) electrons. The van der Waals surface area contributed by atoms with Crippen LogP contribution in [0.3, 0.4) is 0 Å². The summed E-state index contributed by atoms with van der Waals surface area (Å²) in [5.41, 5.74) is 20.3. The molecule has 0 aliphatic heterocycles. The van der Waals surface area contributed by atoms with Crippen molar-refractivity contribution >= 4 is 49.8 Å². The van der Waals surface area contributed by atoms with Crippen LogP contribution in [0, 0.1) is 0 Å². The summed E-state index contributed by atoms with van der Waals surface area (Å²) in [6.45, 7) is 9.46. The van der Waals surface area contributed by atoms with Crippen molar-refractivity contribution in [1.82, 2.24) is 0 Å². The molecule has 2 aliphatic carbocycles. The molecule has 1 heterocycles. The monoisotopic (exact) mass is 769 g/mol. The van der Waals surface area contributed by atoms with E-state index >= 15 is 0 Å². The molecule has 60 heavy (non-hydrogen) atoms. The van der Waals surface area contributed by atoms with Gasteiger partial charge >= 0.3 is 0 Å². The van der Waals surface area contributed by atoms with E-state index in [0.29, 0.717) is 0 Å². The number of benzene rings is 9. The van der Waals surface area contributed by atoms with Gasteiger partial charge in [-0.05, 0) is 115 Å². The van der Waals surface area contributed by atoms with Crippen LogP contribution in [0.25, 0.3) is 77.2 Å². The predicted octanol–water partition coefficient (Wildman–Crippen LogP) is 16.2. The molecule has 0 fully saturated rings. The van der Waals surface area contributed by atoms with Crippen LogP contribution in [-0.4, -0.2) is 0 Å². The highest BCUT2D eigenvalue weighted by atomic mass is 16.3. The van der Waals surface area contributed by atoms with E-state index in [1.807, 2.05) is 0 Å². The number of anilines is 3. The third kappa shape index (κ3) is 4.94. The number of fused-ring (bicyclic) bond motifs is 11. The molecule has 12 rings (SSSR count). The van der Waals surface area contributed by atoms with Crippen molar-refractivity contribution in [1.29, 1.82) is 0 Å². The van der Waals surface area contributed by atoms with E-state index in [2.05, 4.69) is 221 Å². The highest BCUT2D eigenvalue weighted by Gasteiger charge is 2.38. The molecule has 0 unspecified atom stereocenters. The fourth-order valence-corrected chi connectivity index (χ4v) is 10.6. The largest absolute Gasteiger partial charge is 0.455 e. The molecule has 0 amide bonds. The van der Waals surface area contributed by atoms with E-state index in [1.165, 1.54) is 72.1 Å². The molecular formula is C58H43NO. The fraction of sp³-hybridized carbons (Fsp3) is 0.103. The van der Waals surface area contributed by atoms with Crippen molar-refractivity contribution < 1.29 is 4.42 Å². The van der Waals surface area contributed by atoms with E-state index in [4.69, 9.17) is 4.42 Å². The van der Waals surface area contributed by atoms with Crippen molar-refractivity contribution in [3.8, 4) is 44.5 Å².